The van der Waals surface area contributed by atoms with Gasteiger partial charge < -0.3 is 15.0 Å². The van der Waals surface area contributed by atoms with Crippen LogP contribution in [0.25, 0.3) is 0 Å². The molecular weight excluding hydrogens is 434 g/mol. The number of esters is 1. The van der Waals surface area contributed by atoms with Crippen molar-refractivity contribution in [2.75, 3.05) is 24.2 Å². The predicted octanol–water partition coefficient (Wildman–Crippen LogP) is 4.94. The molecule has 2 aliphatic rings. The fourth-order valence-corrected chi connectivity index (χ4v) is 5.22. The average Bonchev–Trinajstić information content (AvgIpc) is 2.83. The molecule has 0 unspecified atom stereocenters. The van der Waals surface area contributed by atoms with Crippen molar-refractivity contribution in [2.45, 2.75) is 39.2 Å². The second-order valence-corrected chi connectivity index (χ2v) is 9.13. The molecule has 2 aliphatic heterocycles. The summed E-state index contributed by atoms with van der Waals surface area (Å²) in [6.07, 6.45) is 2.12. The van der Waals surface area contributed by atoms with Crippen LogP contribution >= 0.6 is 11.8 Å². The van der Waals surface area contributed by atoms with E-state index in [2.05, 4.69) is 10.2 Å². The zero-order chi connectivity index (χ0) is 23.2. The Kier molecular flexibility index (Phi) is 7.50. The summed E-state index contributed by atoms with van der Waals surface area (Å²) in [7, 11) is 0. The number of ether oxygens (including phenoxy) is 1. The number of nitrogens with one attached hydrogen (secondary N) is 1. The minimum absolute atomic E-state index is 0.0345. The molecule has 0 spiro atoms. The lowest BCUT2D eigenvalue weighted by molar-refractivity contribution is -0.139. The van der Waals surface area contributed by atoms with Gasteiger partial charge in [0.25, 0.3) is 0 Å². The Bertz CT molecular complexity index is 1080. The van der Waals surface area contributed by atoms with Crippen molar-refractivity contribution in [2.24, 2.45) is 4.99 Å². The third-order valence-electron chi connectivity index (χ3n) is 5.72. The van der Waals surface area contributed by atoms with Crippen molar-refractivity contribution in [3.05, 3.63) is 77.0 Å². The van der Waals surface area contributed by atoms with Crippen LogP contribution in [0.5, 0.6) is 0 Å². The number of rotatable bonds is 7. The number of aryl methyl sites for hydroxylation is 1. The van der Waals surface area contributed by atoms with Crippen LogP contribution in [0, 0.1) is 0 Å². The molecule has 172 valence electrons. The maximum Gasteiger partial charge on any atom is 0.338 e. The fraction of sp³-hybridized carbons (Fsp3) is 0.346. The van der Waals surface area contributed by atoms with Gasteiger partial charge in [-0.05, 0) is 49.9 Å². The van der Waals surface area contributed by atoms with E-state index >= 15 is 0 Å². The van der Waals surface area contributed by atoms with Gasteiger partial charge in [0.2, 0.25) is 5.91 Å². The lowest BCUT2D eigenvalue weighted by Crippen LogP contribution is -2.42. The number of amides is 1. The summed E-state index contributed by atoms with van der Waals surface area (Å²) in [6, 6.07) is 17.5. The van der Waals surface area contributed by atoms with E-state index in [0.717, 1.165) is 40.7 Å². The SMILES string of the molecule is CCOC(=O)C1=C(C)N=C2SCCCN2[C@@H]1c1cccc(NC(=O)CCc2ccccc2)c1. The number of anilines is 1. The quantitative estimate of drug-likeness (QED) is 0.589. The fourth-order valence-electron chi connectivity index (χ4n) is 4.20. The predicted molar refractivity (Wildman–Crippen MR) is 133 cm³/mol. The minimum Gasteiger partial charge on any atom is -0.463 e. The van der Waals surface area contributed by atoms with Gasteiger partial charge in [0.05, 0.1) is 23.9 Å². The third kappa shape index (κ3) is 5.47. The Morgan fingerprint density at radius 2 is 2.00 bits per heavy atom. The van der Waals surface area contributed by atoms with Crippen molar-refractivity contribution in [1.29, 1.82) is 0 Å². The summed E-state index contributed by atoms with van der Waals surface area (Å²) >= 11 is 1.72. The Morgan fingerprint density at radius 3 is 2.79 bits per heavy atom. The number of carbonyl (C=O) groups is 2. The molecule has 4 rings (SSSR count). The van der Waals surface area contributed by atoms with E-state index < -0.39 is 0 Å². The molecule has 7 heteroatoms. The van der Waals surface area contributed by atoms with Crippen LogP contribution < -0.4 is 5.32 Å². The third-order valence-corrected chi connectivity index (χ3v) is 6.80. The molecule has 0 bridgehead atoms. The second kappa shape index (κ2) is 10.7. The van der Waals surface area contributed by atoms with Crippen molar-refractivity contribution in [1.82, 2.24) is 4.90 Å². The number of amidine groups is 1. The molecule has 1 N–H and O–H groups in total. The highest BCUT2D eigenvalue weighted by atomic mass is 32.2. The molecule has 1 atom stereocenters. The van der Waals surface area contributed by atoms with Gasteiger partial charge in [0.15, 0.2) is 5.17 Å². The lowest BCUT2D eigenvalue weighted by atomic mass is 9.94. The van der Waals surface area contributed by atoms with Crippen molar-refractivity contribution in [3.63, 3.8) is 0 Å². The van der Waals surface area contributed by atoms with E-state index in [4.69, 9.17) is 9.73 Å². The smallest absolute Gasteiger partial charge is 0.338 e. The van der Waals surface area contributed by atoms with E-state index in [1.54, 1.807) is 11.8 Å². The normalized spacial score (nSPS) is 17.8. The maximum atomic E-state index is 12.9. The van der Waals surface area contributed by atoms with Crippen LogP contribution in [0.1, 0.15) is 43.9 Å². The summed E-state index contributed by atoms with van der Waals surface area (Å²) < 4.78 is 5.38. The molecule has 1 amide bonds. The Balaban J connectivity index is 1.56. The summed E-state index contributed by atoms with van der Waals surface area (Å²) in [5, 5.41) is 3.96. The number of nitrogens with zero attached hydrogens (tertiary/aromatic N) is 2. The molecule has 6 nitrogen and oxygen atoms in total. The monoisotopic (exact) mass is 463 g/mol. The van der Waals surface area contributed by atoms with Crippen LogP contribution in [0.3, 0.4) is 0 Å². The molecule has 0 aromatic heterocycles. The molecule has 0 aliphatic carbocycles. The second-order valence-electron chi connectivity index (χ2n) is 8.07. The zero-order valence-corrected chi connectivity index (χ0v) is 19.9. The molecule has 2 aromatic rings. The zero-order valence-electron chi connectivity index (χ0n) is 19.0. The maximum absolute atomic E-state index is 12.9. The van der Waals surface area contributed by atoms with Crippen LogP contribution in [-0.4, -0.2) is 40.8 Å². The first kappa shape index (κ1) is 23.1. The van der Waals surface area contributed by atoms with Gasteiger partial charge in [-0.25, -0.2) is 9.79 Å². The number of allylic oxidation sites excluding steroid dienone is 1. The van der Waals surface area contributed by atoms with Crippen molar-refractivity contribution >= 4 is 34.5 Å². The Hall–Kier alpha value is -3.06. The average molecular weight is 464 g/mol. The number of hydrogen-bond acceptors (Lipinski definition) is 6. The topological polar surface area (TPSA) is 71.0 Å². The van der Waals surface area contributed by atoms with Gasteiger partial charge in [-0.15, -0.1) is 0 Å². The van der Waals surface area contributed by atoms with Gasteiger partial charge in [0.1, 0.15) is 0 Å². The number of benzene rings is 2. The highest BCUT2D eigenvalue weighted by Crippen LogP contribution is 2.40. The largest absolute Gasteiger partial charge is 0.463 e. The summed E-state index contributed by atoms with van der Waals surface area (Å²) in [6.45, 7) is 4.81. The lowest BCUT2D eigenvalue weighted by Gasteiger charge is -2.40. The summed E-state index contributed by atoms with van der Waals surface area (Å²) in [4.78, 5) is 32.4. The molecule has 0 saturated carbocycles. The number of fused-ring (bicyclic) bond motifs is 1. The Labute approximate surface area is 199 Å². The molecule has 0 radical (unpaired) electrons. The van der Waals surface area contributed by atoms with Gasteiger partial charge in [0, 0.05) is 24.4 Å². The Morgan fingerprint density at radius 1 is 1.18 bits per heavy atom. The van der Waals surface area contributed by atoms with Gasteiger partial charge >= 0.3 is 5.97 Å². The van der Waals surface area contributed by atoms with Crippen LogP contribution in [0.15, 0.2) is 70.9 Å². The summed E-state index contributed by atoms with van der Waals surface area (Å²) in [5.41, 5.74) is 4.05. The van der Waals surface area contributed by atoms with Crippen LogP contribution in [0.4, 0.5) is 5.69 Å². The van der Waals surface area contributed by atoms with Crippen LogP contribution in [0.2, 0.25) is 0 Å². The highest BCUT2D eigenvalue weighted by molar-refractivity contribution is 8.13. The first-order chi connectivity index (χ1) is 16.1. The molecule has 1 saturated heterocycles. The van der Waals surface area contributed by atoms with E-state index in [1.165, 1.54) is 0 Å². The van der Waals surface area contributed by atoms with Gasteiger partial charge in [-0.3, -0.25) is 4.79 Å². The number of hydrogen-bond donors (Lipinski definition) is 1. The molecular formula is C26H29N3O3S. The molecule has 2 aromatic carbocycles. The van der Waals surface area contributed by atoms with E-state index in [-0.39, 0.29) is 17.9 Å². The van der Waals surface area contributed by atoms with Gasteiger partial charge in [-0.1, -0.05) is 54.2 Å². The van der Waals surface area contributed by atoms with Crippen molar-refractivity contribution in [3.8, 4) is 0 Å². The standard InChI is InChI=1S/C26H29N3O3S/c1-3-32-25(31)23-18(2)27-26-29(15-8-16-33-26)24(23)20-11-7-12-21(17-20)28-22(30)14-13-19-9-5-4-6-10-19/h4-7,9-12,17,24H,3,8,13-16H2,1-2H3,(H,28,30)/t24-/m1/s1. The molecule has 2 heterocycles. The van der Waals surface area contributed by atoms with Crippen LogP contribution in [-0.2, 0) is 20.7 Å². The first-order valence-electron chi connectivity index (χ1n) is 11.4. The van der Waals surface area contributed by atoms with Crippen molar-refractivity contribution < 1.29 is 14.3 Å². The molecule has 1 fully saturated rings. The van der Waals surface area contributed by atoms with E-state index in [9.17, 15) is 9.59 Å². The first-order valence-corrected chi connectivity index (χ1v) is 12.3. The number of carbonyl (C=O) groups excluding carboxylic acids is 2. The molecule has 33 heavy (non-hydrogen) atoms. The summed E-state index contributed by atoms with van der Waals surface area (Å²) in [5.74, 6) is 0.644. The minimum atomic E-state index is -0.337. The highest BCUT2D eigenvalue weighted by Gasteiger charge is 2.37. The van der Waals surface area contributed by atoms with E-state index in [1.807, 2.05) is 68.4 Å². The van der Waals surface area contributed by atoms with Gasteiger partial charge in [-0.2, -0.15) is 0 Å². The van der Waals surface area contributed by atoms with E-state index in [0.29, 0.717) is 30.7 Å². The number of aliphatic imine (C=N–C) groups is 1. The number of thioether (sulfide) groups is 1.